The van der Waals surface area contributed by atoms with E-state index < -0.39 is 0 Å². The van der Waals surface area contributed by atoms with Crippen molar-refractivity contribution >= 4 is 43.3 Å². The molecular weight excluding hydrogens is 420 g/mol. The summed E-state index contributed by atoms with van der Waals surface area (Å²) in [7, 11) is 0. The van der Waals surface area contributed by atoms with Crippen LogP contribution in [0.3, 0.4) is 0 Å². The third-order valence-electron chi connectivity index (χ3n) is 5.60. The molecular formula is C26H17BrN2. The predicted molar refractivity (Wildman–Crippen MR) is 125 cm³/mol. The van der Waals surface area contributed by atoms with Gasteiger partial charge >= 0.3 is 0 Å². The Labute approximate surface area is 176 Å². The zero-order valence-electron chi connectivity index (χ0n) is 15.6. The third kappa shape index (κ3) is 2.55. The van der Waals surface area contributed by atoms with Gasteiger partial charge in [0.1, 0.15) is 0 Å². The largest absolute Gasteiger partial charge is 0.353 e. The number of aromatic nitrogens is 2. The van der Waals surface area contributed by atoms with Crippen LogP contribution in [0.25, 0.3) is 49.7 Å². The number of halogens is 1. The van der Waals surface area contributed by atoms with Gasteiger partial charge in [0.25, 0.3) is 0 Å². The first kappa shape index (κ1) is 16.6. The number of hydrogen-bond acceptors (Lipinski definition) is 0. The second-order valence-corrected chi connectivity index (χ2v) is 8.23. The van der Waals surface area contributed by atoms with Crippen LogP contribution in [0.15, 0.2) is 102 Å². The first-order valence-electron chi connectivity index (χ1n) is 9.65. The van der Waals surface area contributed by atoms with E-state index in [1.807, 2.05) is 0 Å². The number of benzene rings is 3. The smallest absolute Gasteiger partial charge is 0.0772 e. The van der Waals surface area contributed by atoms with Crippen LogP contribution < -0.4 is 0 Å². The lowest BCUT2D eigenvalue weighted by Gasteiger charge is -2.07. The maximum atomic E-state index is 3.68. The van der Waals surface area contributed by atoms with Crippen LogP contribution in [-0.2, 0) is 0 Å². The topological polar surface area (TPSA) is 20.2 Å². The minimum atomic E-state index is 1.09. The molecule has 3 heterocycles. The van der Waals surface area contributed by atoms with Gasteiger partial charge in [-0.2, -0.15) is 0 Å². The maximum absolute atomic E-state index is 3.68. The second kappa shape index (κ2) is 6.36. The molecule has 0 amide bonds. The van der Waals surface area contributed by atoms with Gasteiger partial charge in [-0.3, -0.25) is 0 Å². The van der Waals surface area contributed by atoms with E-state index in [4.69, 9.17) is 0 Å². The van der Waals surface area contributed by atoms with E-state index in [1.165, 1.54) is 44.2 Å². The van der Waals surface area contributed by atoms with Gasteiger partial charge in [-0.05, 0) is 47.5 Å². The van der Waals surface area contributed by atoms with Crippen molar-refractivity contribution in [2.24, 2.45) is 0 Å². The molecule has 0 aliphatic carbocycles. The van der Waals surface area contributed by atoms with Crippen LogP contribution in [0.1, 0.15) is 0 Å². The summed E-state index contributed by atoms with van der Waals surface area (Å²) in [4.78, 5) is 3.68. The van der Waals surface area contributed by atoms with Crippen LogP contribution in [-0.4, -0.2) is 9.38 Å². The third-order valence-corrected chi connectivity index (χ3v) is 6.09. The fourth-order valence-corrected chi connectivity index (χ4v) is 4.69. The average Bonchev–Trinajstić information content (AvgIpc) is 3.28. The number of pyridine rings is 1. The van der Waals surface area contributed by atoms with E-state index in [0.29, 0.717) is 0 Å². The molecule has 0 fully saturated rings. The summed E-state index contributed by atoms with van der Waals surface area (Å²) in [5, 5.41) is 2.51. The summed E-state index contributed by atoms with van der Waals surface area (Å²) in [6, 6.07) is 32.2. The minimum Gasteiger partial charge on any atom is -0.353 e. The summed E-state index contributed by atoms with van der Waals surface area (Å²) in [5.74, 6) is 0. The second-order valence-electron chi connectivity index (χ2n) is 7.32. The van der Waals surface area contributed by atoms with E-state index in [-0.39, 0.29) is 0 Å². The Balaban J connectivity index is 1.70. The Morgan fingerprint density at radius 2 is 1.48 bits per heavy atom. The Morgan fingerprint density at radius 1 is 0.690 bits per heavy atom. The number of hydrogen-bond donors (Lipinski definition) is 1. The molecule has 29 heavy (non-hydrogen) atoms. The summed E-state index contributed by atoms with van der Waals surface area (Å²) in [6.07, 6.45) is 2.15. The van der Waals surface area contributed by atoms with E-state index in [2.05, 4.69) is 123 Å². The normalized spacial score (nSPS) is 11.6. The highest BCUT2D eigenvalue weighted by molar-refractivity contribution is 9.10. The predicted octanol–water partition coefficient (Wildman–Crippen LogP) is 7.67. The molecule has 0 unspecified atom stereocenters. The van der Waals surface area contributed by atoms with Crippen molar-refractivity contribution in [3.63, 3.8) is 0 Å². The number of aromatic amines is 1. The molecule has 2 nitrogen and oxygen atoms in total. The Hall–Kier alpha value is -3.30. The quantitative estimate of drug-likeness (QED) is 0.287. The van der Waals surface area contributed by atoms with E-state index in [0.717, 1.165) is 9.99 Å². The highest BCUT2D eigenvalue weighted by Gasteiger charge is 2.18. The van der Waals surface area contributed by atoms with Crippen molar-refractivity contribution in [3.05, 3.63) is 102 Å². The molecule has 0 radical (unpaired) electrons. The molecule has 6 aromatic rings. The fourth-order valence-electron chi connectivity index (χ4n) is 4.33. The van der Waals surface area contributed by atoms with Crippen LogP contribution in [0.4, 0.5) is 0 Å². The van der Waals surface area contributed by atoms with Gasteiger partial charge in [0.2, 0.25) is 0 Å². The van der Waals surface area contributed by atoms with Crippen LogP contribution in [0, 0.1) is 0 Å². The highest BCUT2D eigenvalue weighted by atomic mass is 79.9. The van der Waals surface area contributed by atoms with Gasteiger partial charge in [0, 0.05) is 32.5 Å². The highest BCUT2D eigenvalue weighted by Crippen LogP contribution is 2.39. The van der Waals surface area contributed by atoms with E-state index >= 15 is 0 Å². The molecule has 6 rings (SSSR count). The van der Waals surface area contributed by atoms with Gasteiger partial charge in [0.15, 0.2) is 0 Å². The lowest BCUT2D eigenvalue weighted by Crippen LogP contribution is -1.89. The monoisotopic (exact) mass is 436 g/mol. The van der Waals surface area contributed by atoms with Crippen molar-refractivity contribution in [1.29, 1.82) is 0 Å². The minimum absolute atomic E-state index is 1.09. The molecule has 0 spiro atoms. The molecule has 1 N–H and O–H groups in total. The van der Waals surface area contributed by atoms with Crippen molar-refractivity contribution in [3.8, 4) is 22.4 Å². The van der Waals surface area contributed by atoms with Crippen LogP contribution in [0.5, 0.6) is 0 Å². The Kier molecular flexibility index (Phi) is 3.65. The standard InChI is InChI=1S/C26H17BrN2/c27-20-12-13-22-21(16-20)24-23-11-4-5-14-29(23)26(25(24)28-22)19-10-6-9-18(15-19)17-7-2-1-3-8-17/h1-16,28H. The molecule has 0 atom stereocenters. The zero-order valence-corrected chi connectivity index (χ0v) is 17.1. The molecule has 0 bridgehead atoms. The first-order chi connectivity index (χ1) is 14.3. The van der Waals surface area contributed by atoms with Gasteiger partial charge < -0.3 is 9.38 Å². The van der Waals surface area contributed by atoms with Crippen molar-refractivity contribution in [2.75, 3.05) is 0 Å². The van der Waals surface area contributed by atoms with E-state index in [9.17, 15) is 0 Å². The van der Waals surface area contributed by atoms with Gasteiger partial charge in [0.05, 0.1) is 16.7 Å². The Morgan fingerprint density at radius 3 is 2.38 bits per heavy atom. The SMILES string of the molecule is Brc1ccc2[nH]c3c(-c4cccc(-c5ccccc5)c4)n4ccccc4c3c2c1. The van der Waals surface area contributed by atoms with Crippen LogP contribution in [0.2, 0.25) is 0 Å². The number of H-pyrrole nitrogens is 1. The number of nitrogens with one attached hydrogen (secondary N) is 1. The lowest BCUT2D eigenvalue weighted by molar-refractivity contribution is 1.21. The van der Waals surface area contributed by atoms with Crippen LogP contribution >= 0.6 is 15.9 Å². The van der Waals surface area contributed by atoms with Crippen molar-refractivity contribution in [2.45, 2.75) is 0 Å². The van der Waals surface area contributed by atoms with Gasteiger partial charge in [-0.25, -0.2) is 0 Å². The fraction of sp³-hybridized carbons (Fsp3) is 0. The zero-order chi connectivity index (χ0) is 19.4. The lowest BCUT2D eigenvalue weighted by atomic mass is 10.0. The van der Waals surface area contributed by atoms with Gasteiger partial charge in [-0.15, -0.1) is 0 Å². The molecule has 3 heteroatoms. The molecule has 3 aromatic carbocycles. The Bertz CT molecular complexity index is 1510. The number of rotatable bonds is 2. The number of fused-ring (bicyclic) bond motifs is 5. The number of nitrogens with zero attached hydrogens (tertiary/aromatic N) is 1. The molecule has 3 aromatic heterocycles. The molecule has 0 aliphatic heterocycles. The van der Waals surface area contributed by atoms with Crippen molar-refractivity contribution in [1.82, 2.24) is 9.38 Å². The summed E-state index contributed by atoms with van der Waals surface area (Å²) >= 11 is 3.63. The van der Waals surface area contributed by atoms with Gasteiger partial charge in [-0.1, -0.05) is 70.5 Å². The molecule has 0 aliphatic rings. The summed E-state index contributed by atoms with van der Waals surface area (Å²) < 4.78 is 3.39. The molecule has 0 saturated carbocycles. The van der Waals surface area contributed by atoms with E-state index in [1.54, 1.807) is 0 Å². The molecule has 138 valence electrons. The maximum Gasteiger partial charge on any atom is 0.0772 e. The summed E-state index contributed by atoms with van der Waals surface area (Å²) in [5.41, 5.74) is 8.40. The molecule has 0 saturated heterocycles. The first-order valence-corrected chi connectivity index (χ1v) is 10.4. The van der Waals surface area contributed by atoms with Crippen molar-refractivity contribution < 1.29 is 0 Å². The average molecular weight is 437 g/mol. The summed E-state index contributed by atoms with van der Waals surface area (Å²) in [6.45, 7) is 0.